The third kappa shape index (κ3) is 2.78. The molecule has 1 rings (SSSR count). The summed E-state index contributed by atoms with van der Waals surface area (Å²) in [5, 5.41) is 0.100. The normalized spacial score (nSPS) is 14.5. The van der Waals surface area contributed by atoms with Gasteiger partial charge in [0.2, 0.25) is 0 Å². The first-order chi connectivity index (χ1) is 7.10. The highest BCUT2D eigenvalue weighted by atomic mass is 35.5. The van der Waals surface area contributed by atoms with E-state index in [9.17, 15) is 0 Å². The number of halogens is 1. The van der Waals surface area contributed by atoms with Gasteiger partial charge < -0.3 is 9.47 Å². The maximum Gasteiger partial charge on any atom is 0.160 e. The molecule has 0 aliphatic heterocycles. The van der Waals surface area contributed by atoms with Crippen LogP contribution in [-0.4, -0.2) is 19.6 Å². The highest BCUT2D eigenvalue weighted by Gasteiger charge is 2.14. The number of alkyl halides is 1. The Labute approximate surface area is 96.2 Å². The zero-order chi connectivity index (χ0) is 11.4. The highest BCUT2D eigenvalue weighted by Crippen LogP contribution is 2.32. The van der Waals surface area contributed by atoms with E-state index in [0.29, 0.717) is 5.92 Å². The molecule has 0 fully saturated rings. The predicted molar refractivity (Wildman–Crippen MR) is 63.3 cm³/mol. The number of hydrogen-bond donors (Lipinski definition) is 0. The fourth-order valence-corrected chi connectivity index (χ4v) is 1.55. The first kappa shape index (κ1) is 12.2. The van der Waals surface area contributed by atoms with Crippen LogP contribution in [0, 0.1) is 0 Å². The Morgan fingerprint density at radius 2 is 1.67 bits per heavy atom. The van der Waals surface area contributed by atoms with Crippen molar-refractivity contribution in [2.45, 2.75) is 25.1 Å². The van der Waals surface area contributed by atoms with Crippen LogP contribution in [0.15, 0.2) is 18.2 Å². The Morgan fingerprint density at radius 1 is 1.07 bits per heavy atom. The number of benzene rings is 1. The van der Waals surface area contributed by atoms with Crippen LogP contribution >= 0.6 is 11.6 Å². The summed E-state index contributed by atoms with van der Waals surface area (Å²) >= 11 is 6.06. The van der Waals surface area contributed by atoms with Crippen molar-refractivity contribution in [3.63, 3.8) is 0 Å². The van der Waals surface area contributed by atoms with E-state index in [1.807, 2.05) is 25.1 Å². The quantitative estimate of drug-likeness (QED) is 0.735. The molecule has 0 aromatic heterocycles. The topological polar surface area (TPSA) is 18.5 Å². The minimum absolute atomic E-state index is 0.100. The third-order valence-electron chi connectivity index (χ3n) is 2.62. The molecule has 2 atom stereocenters. The Balaban J connectivity index is 3.02. The molecule has 0 bridgehead atoms. The lowest BCUT2D eigenvalue weighted by Crippen LogP contribution is -2.05. The van der Waals surface area contributed by atoms with Gasteiger partial charge in [0, 0.05) is 5.38 Å². The standard InChI is InChI=1S/C12H17ClO2/c1-8(9(2)13)10-5-6-11(14-3)12(7-10)15-4/h5-9H,1-4H3. The fourth-order valence-electron chi connectivity index (χ4n) is 1.40. The minimum Gasteiger partial charge on any atom is -0.493 e. The van der Waals surface area contributed by atoms with Crippen LogP contribution in [0.5, 0.6) is 11.5 Å². The molecular weight excluding hydrogens is 212 g/mol. The first-order valence-corrected chi connectivity index (χ1v) is 5.39. The largest absolute Gasteiger partial charge is 0.493 e. The minimum atomic E-state index is 0.100. The second kappa shape index (κ2) is 5.26. The molecule has 0 radical (unpaired) electrons. The van der Waals surface area contributed by atoms with Crippen molar-refractivity contribution in [2.24, 2.45) is 0 Å². The van der Waals surface area contributed by atoms with Gasteiger partial charge in [0.05, 0.1) is 14.2 Å². The molecule has 1 aromatic carbocycles. The molecular formula is C12H17ClO2. The molecule has 1 aromatic rings. The zero-order valence-electron chi connectivity index (χ0n) is 9.58. The smallest absolute Gasteiger partial charge is 0.160 e. The van der Waals surface area contributed by atoms with Crippen molar-refractivity contribution >= 4 is 11.6 Å². The van der Waals surface area contributed by atoms with Crippen LogP contribution in [0.3, 0.4) is 0 Å². The summed E-state index contributed by atoms with van der Waals surface area (Å²) in [6, 6.07) is 5.90. The van der Waals surface area contributed by atoms with Crippen molar-refractivity contribution in [3.8, 4) is 11.5 Å². The van der Waals surface area contributed by atoms with Crippen LogP contribution in [0.4, 0.5) is 0 Å². The second-order valence-corrected chi connectivity index (χ2v) is 4.27. The van der Waals surface area contributed by atoms with Gasteiger partial charge >= 0.3 is 0 Å². The fraction of sp³-hybridized carbons (Fsp3) is 0.500. The van der Waals surface area contributed by atoms with Crippen LogP contribution in [0.1, 0.15) is 25.3 Å². The van der Waals surface area contributed by atoms with Gasteiger partial charge in [0.15, 0.2) is 11.5 Å². The summed E-state index contributed by atoms with van der Waals surface area (Å²) in [4.78, 5) is 0. The van der Waals surface area contributed by atoms with Crippen molar-refractivity contribution in [1.82, 2.24) is 0 Å². The van der Waals surface area contributed by atoms with Crippen LogP contribution in [0.2, 0.25) is 0 Å². The maximum absolute atomic E-state index is 6.06. The van der Waals surface area contributed by atoms with Gasteiger partial charge in [0.1, 0.15) is 0 Å². The van der Waals surface area contributed by atoms with E-state index in [-0.39, 0.29) is 5.38 Å². The van der Waals surface area contributed by atoms with Gasteiger partial charge in [-0.1, -0.05) is 13.0 Å². The lowest BCUT2D eigenvalue weighted by Gasteiger charge is -2.16. The molecule has 3 heteroatoms. The van der Waals surface area contributed by atoms with Gasteiger partial charge in [-0.3, -0.25) is 0 Å². The first-order valence-electron chi connectivity index (χ1n) is 4.96. The van der Waals surface area contributed by atoms with Crippen LogP contribution < -0.4 is 9.47 Å². The average Bonchev–Trinajstić information content (AvgIpc) is 2.26. The Hall–Kier alpha value is -0.890. The molecule has 0 spiro atoms. The lowest BCUT2D eigenvalue weighted by atomic mass is 9.98. The van der Waals surface area contributed by atoms with Gasteiger partial charge in [0.25, 0.3) is 0 Å². The summed E-state index contributed by atoms with van der Waals surface area (Å²) in [6.07, 6.45) is 0. The second-order valence-electron chi connectivity index (χ2n) is 3.58. The molecule has 0 N–H and O–H groups in total. The summed E-state index contributed by atoms with van der Waals surface area (Å²) in [7, 11) is 3.27. The third-order valence-corrected chi connectivity index (χ3v) is 3.00. The van der Waals surface area contributed by atoms with Crippen molar-refractivity contribution in [3.05, 3.63) is 23.8 Å². The van der Waals surface area contributed by atoms with E-state index < -0.39 is 0 Å². The molecule has 2 unspecified atom stereocenters. The zero-order valence-corrected chi connectivity index (χ0v) is 10.3. The SMILES string of the molecule is COc1ccc(C(C)C(C)Cl)cc1OC. The van der Waals surface area contributed by atoms with Gasteiger partial charge in [-0.2, -0.15) is 0 Å². The van der Waals surface area contributed by atoms with E-state index in [2.05, 4.69) is 6.92 Å². The molecule has 0 heterocycles. The van der Waals surface area contributed by atoms with Crippen molar-refractivity contribution < 1.29 is 9.47 Å². The number of hydrogen-bond acceptors (Lipinski definition) is 2. The summed E-state index contributed by atoms with van der Waals surface area (Å²) in [5.74, 6) is 1.79. The lowest BCUT2D eigenvalue weighted by molar-refractivity contribution is 0.354. The van der Waals surface area contributed by atoms with Crippen LogP contribution in [0.25, 0.3) is 0 Å². The maximum atomic E-state index is 6.06. The Bertz CT molecular complexity index is 323. The van der Waals surface area contributed by atoms with E-state index >= 15 is 0 Å². The monoisotopic (exact) mass is 228 g/mol. The van der Waals surface area contributed by atoms with Crippen molar-refractivity contribution in [1.29, 1.82) is 0 Å². The van der Waals surface area contributed by atoms with E-state index in [1.165, 1.54) is 0 Å². The molecule has 0 saturated carbocycles. The number of rotatable bonds is 4. The highest BCUT2D eigenvalue weighted by molar-refractivity contribution is 6.20. The summed E-state index contributed by atoms with van der Waals surface area (Å²) in [5.41, 5.74) is 1.16. The van der Waals surface area contributed by atoms with E-state index in [1.54, 1.807) is 14.2 Å². The molecule has 0 amide bonds. The average molecular weight is 229 g/mol. The Kier molecular flexibility index (Phi) is 4.28. The number of ether oxygens (including phenoxy) is 2. The van der Waals surface area contributed by atoms with E-state index in [0.717, 1.165) is 17.1 Å². The molecule has 0 saturated heterocycles. The molecule has 2 nitrogen and oxygen atoms in total. The number of methoxy groups -OCH3 is 2. The Morgan fingerprint density at radius 3 is 2.13 bits per heavy atom. The molecule has 84 valence electrons. The van der Waals surface area contributed by atoms with Crippen LogP contribution in [-0.2, 0) is 0 Å². The summed E-state index contributed by atoms with van der Waals surface area (Å²) in [6.45, 7) is 4.09. The van der Waals surface area contributed by atoms with Crippen molar-refractivity contribution in [2.75, 3.05) is 14.2 Å². The van der Waals surface area contributed by atoms with Gasteiger partial charge in [-0.25, -0.2) is 0 Å². The molecule has 0 aliphatic rings. The molecule has 15 heavy (non-hydrogen) atoms. The predicted octanol–water partition coefficient (Wildman–Crippen LogP) is 3.43. The van der Waals surface area contributed by atoms with Gasteiger partial charge in [-0.15, -0.1) is 11.6 Å². The molecule has 0 aliphatic carbocycles. The summed E-state index contributed by atoms with van der Waals surface area (Å²) < 4.78 is 10.4. The van der Waals surface area contributed by atoms with Gasteiger partial charge in [-0.05, 0) is 30.5 Å². The van der Waals surface area contributed by atoms with E-state index in [4.69, 9.17) is 21.1 Å².